The lowest BCUT2D eigenvalue weighted by molar-refractivity contribution is -0.0453. The number of halogens is 1. The lowest BCUT2D eigenvalue weighted by atomic mass is 9.96. The summed E-state index contributed by atoms with van der Waals surface area (Å²) in [5.74, 6) is 0.884. The van der Waals surface area contributed by atoms with Crippen LogP contribution in [0.15, 0.2) is 35.3 Å². The van der Waals surface area contributed by atoms with Gasteiger partial charge in [0.05, 0.1) is 12.7 Å². The molecule has 2 aliphatic heterocycles. The zero-order valence-electron chi connectivity index (χ0n) is 15.6. The van der Waals surface area contributed by atoms with Crippen molar-refractivity contribution < 1.29 is 4.74 Å². The third-order valence-electron chi connectivity index (χ3n) is 6.02. The molecule has 4 rings (SSSR count). The van der Waals surface area contributed by atoms with Crippen molar-refractivity contribution in [3.05, 3.63) is 35.9 Å². The first-order valence-electron chi connectivity index (χ1n) is 9.65. The molecule has 0 aromatic heterocycles. The molecule has 3 fully saturated rings. The Bertz CT molecular complexity index is 605. The van der Waals surface area contributed by atoms with Gasteiger partial charge in [-0.05, 0) is 37.8 Å². The van der Waals surface area contributed by atoms with Crippen molar-refractivity contribution in [2.24, 2.45) is 4.99 Å². The average molecular weight is 470 g/mol. The largest absolute Gasteiger partial charge is 0.373 e. The summed E-state index contributed by atoms with van der Waals surface area (Å²) >= 11 is 0. The lowest BCUT2D eigenvalue weighted by Crippen LogP contribution is -2.51. The monoisotopic (exact) mass is 470 g/mol. The Balaban J connectivity index is 0.00000196. The van der Waals surface area contributed by atoms with Gasteiger partial charge in [0.15, 0.2) is 5.96 Å². The maximum absolute atomic E-state index is 6.03. The molecule has 5 nitrogen and oxygen atoms in total. The van der Waals surface area contributed by atoms with Crippen molar-refractivity contribution >= 4 is 29.9 Å². The van der Waals surface area contributed by atoms with Gasteiger partial charge in [0.2, 0.25) is 0 Å². The van der Waals surface area contributed by atoms with Gasteiger partial charge in [-0.1, -0.05) is 30.3 Å². The number of benzene rings is 1. The summed E-state index contributed by atoms with van der Waals surface area (Å²) in [6, 6.07) is 11.5. The quantitative estimate of drug-likeness (QED) is 0.394. The number of rotatable bonds is 5. The highest BCUT2D eigenvalue weighted by molar-refractivity contribution is 14.0. The van der Waals surface area contributed by atoms with Gasteiger partial charge in [-0.15, -0.1) is 24.0 Å². The van der Waals surface area contributed by atoms with Crippen molar-refractivity contribution in [3.63, 3.8) is 0 Å². The second-order valence-electron chi connectivity index (χ2n) is 7.70. The number of nitrogens with one attached hydrogen (secondary N) is 2. The number of morpholine rings is 1. The summed E-state index contributed by atoms with van der Waals surface area (Å²) in [5, 5.41) is 6.98. The Morgan fingerprint density at radius 3 is 2.81 bits per heavy atom. The Labute approximate surface area is 174 Å². The Kier molecular flexibility index (Phi) is 6.80. The molecule has 1 aromatic rings. The van der Waals surface area contributed by atoms with Gasteiger partial charge >= 0.3 is 0 Å². The van der Waals surface area contributed by atoms with Crippen LogP contribution in [0.3, 0.4) is 0 Å². The second kappa shape index (κ2) is 8.89. The molecule has 2 N–H and O–H groups in total. The van der Waals surface area contributed by atoms with Gasteiger partial charge < -0.3 is 15.4 Å². The zero-order valence-corrected chi connectivity index (χ0v) is 17.9. The highest BCUT2D eigenvalue weighted by Gasteiger charge is 2.44. The number of fused-ring (bicyclic) bond motifs is 1. The molecule has 0 amide bonds. The van der Waals surface area contributed by atoms with Gasteiger partial charge in [0.25, 0.3) is 0 Å². The van der Waals surface area contributed by atoms with E-state index in [1.54, 1.807) is 0 Å². The summed E-state index contributed by atoms with van der Waals surface area (Å²) in [7, 11) is 1.84. The minimum Gasteiger partial charge on any atom is -0.373 e. The van der Waals surface area contributed by atoms with E-state index in [1.165, 1.54) is 37.8 Å². The summed E-state index contributed by atoms with van der Waals surface area (Å²) < 4.78 is 6.03. The number of guanidine groups is 1. The second-order valence-corrected chi connectivity index (χ2v) is 7.70. The van der Waals surface area contributed by atoms with E-state index in [4.69, 9.17) is 4.74 Å². The number of hydrogen-bond donors (Lipinski definition) is 2. The number of ether oxygens (including phenoxy) is 1. The molecule has 2 heterocycles. The van der Waals surface area contributed by atoms with Crippen LogP contribution in [0.5, 0.6) is 0 Å². The van der Waals surface area contributed by atoms with Crippen LogP contribution in [0.1, 0.15) is 31.2 Å². The lowest BCUT2D eigenvalue weighted by Gasteiger charge is -2.35. The van der Waals surface area contributed by atoms with E-state index in [2.05, 4.69) is 50.9 Å². The van der Waals surface area contributed by atoms with Gasteiger partial charge in [-0.2, -0.15) is 0 Å². The fraction of sp³-hybridized carbons (Fsp3) is 0.650. The SMILES string of the molecule is CN=C(NCC1CN2CCCC2CO1)NCC1(c2ccccc2)CC1.I. The fourth-order valence-electron chi connectivity index (χ4n) is 4.20. The van der Waals surface area contributed by atoms with E-state index in [9.17, 15) is 0 Å². The molecule has 3 aliphatic rings. The molecule has 0 bridgehead atoms. The molecule has 2 atom stereocenters. The minimum absolute atomic E-state index is 0. The van der Waals surface area contributed by atoms with Gasteiger partial charge in [-0.25, -0.2) is 0 Å². The highest BCUT2D eigenvalue weighted by Crippen LogP contribution is 2.47. The summed E-state index contributed by atoms with van der Waals surface area (Å²) in [6.45, 7) is 4.92. The Hall–Kier alpha value is -0.860. The maximum atomic E-state index is 6.03. The average Bonchev–Trinajstić information content (AvgIpc) is 3.31. The summed E-state index contributed by atoms with van der Waals surface area (Å²) in [5.41, 5.74) is 1.73. The molecular formula is C20H31IN4O. The Morgan fingerprint density at radius 1 is 1.27 bits per heavy atom. The molecule has 0 spiro atoms. The number of nitrogens with zero attached hydrogens (tertiary/aromatic N) is 2. The van der Waals surface area contributed by atoms with Crippen molar-refractivity contribution in [1.82, 2.24) is 15.5 Å². The number of hydrogen-bond acceptors (Lipinski definition) is 3. The fourth-order valence-corrected chi connectivity index (χ4v) is 4.20. The third-order valence-corrected chi connectivity index (χ3v) is 6.02. The summed E-state index contributed by atoms with van der Waals surface area (Å²) in [6.07, 6.45) is 5.38. The van der Waals surface area contributed by atoms with Crippen LogP contribution in [0.4, 0.5) is 0 Å². The smallest absolute Gasteiger partial charge is 0.191 e. The van der Waals surface area contributed by atoms with Crippen molar-refractivity contribution in [2.45, 2.75) is 43.2 Å². The normalized spacial score (nSPS) is 27.3. The van der Waals surface area contributed by atoms with E-state index in [0.29, 0.717) is 11.5 Å². The summed E-state index contributed by atoms with van der Waals surface area (Å²) in [4.78, 5) is 6.97. The number of aliphatic imine (C=N–C) groups is 1. The van der Waals surface area contributed by atoms with E-state index in [-0.39, 0.29) is 30.1 Å². The van der Waals surface area contributed by atoms with E-state index in [1.807, 2.05) is 7.05 Å². The minimum atomic E-state index is 0. The van der Waals surface area contributed by atoms with Crippen LogP contribution in [0.25, 0.3) is 0 Å². The Morgan fingerprint density at radius 2 is 2.08 bits per heavy atom. The first-order valence-corrected chi connectivity index (χ1v) is 9.65. The van der Waals surface area contributed by atoms with Crippen LogP contribution < -0.4 is 10.6 Å². The molecule has 2 unspecified atom stereocenters. The highest BCUT2D eigenvalue weighted by atomic mass is 127. The molecule has 0 radical (unpaired) electrons. The van der Waals surface area contributed by atoms with E-state index < -0.39 is 0 Å². The van der Waals surface area contributed by atoms with Crippen LogP contribution in [-0.2, 0) is 10.2 Å². The molecular weight excluding hydrogens is 439 g/mol. The topological polar surface area (TPSA) is 48.9 Å². The predicted octanol–water partition coefficient (Wildman–Crippen LogP) is 2.36. The molecule has 144 valence electrons. The standard InChI is InChI=1S/C20H30N4O.HI/c1-21-19(22-12-18-13-24-11-5-8-17(24)14-25-18)23-15-20(9-10-20)16-6-3-2-4-7-16;/h2-4,6-7,17-18H,5,8-15H2,1H3,(H2,21,22,23);1H. The van der Waals surface area contributed by atoms with Crippen molar-refractivity contribution in [3.8, 4) is 0 Å². The van der Waals surface area contributed by atoms with Crippen molar-refractivity contribution in [2.75, 3.05) is 39.8 Å². The third kappa shape index (κ3) is 4.51. The maximum Gasteiger partial charge on any atom is 0.191 e. The predicted molar refractivity (Wildman–Crippen MR) is 116 cm³/mol. The van der Waals surface area contributed by atoms with Crippen LogP contribution in [0.2, 0.25) is 0 Å². The van der Waals surface area contributed by atoms with E-state index in [0.717, 1.165) is 32.2 Å². The first-order chi connectivity index (χ1) is 12.3. The molecule has 6 heteroatoms. The molecule has 1 aromatic carbocycles. The first kappa shape index (κ1) is 19.9. The molecule has 1 aliphatic carbocycles. The molecule has 1 saturated carbocycles. The zero-order chi connectivity index (χ0) is 17.1. The molecule has 2 saturated heterocycles. The van der Waals surface area contributed by atoms with Crippen LogP contribution in [0, 0.1) is 0 Å². The van der Waals surface area contributed by atoms with Gasteiger partial charge in [0.1, 0.15) is 0 Å². The van der Waals surface area contributed by atoms with Gasteiger partial charge in [0, 0.05) is 38.1 Å². The molecule has 26 heavy (non-hydrogen) atoms. The van der Waals surface area contributed by atoms with Crippen molar-refractivity contribution in [1.29, 1.82) is 0 Å². The van der Waals surface area contributed by atoms with Gasteiger partial charge in [-0.3, -0.25) is 9.89 Å². The van der Waals surface area contributed by atoms with E-state index >= 15 is 0 Å². The van der Waals surface area contributed by atoms with Crippen LogP contribution in [-0.4, -0.2) is 62.8 Å². The van der Waals surface area contributed by atoms with Crippen LogP contribution >= 0.6 is 24.0 Å².